The Morgan fingerprint density at radius 3 is 0.647 bits per heavy atom. The number of Topliss-reactive ketones (excluding diaryl/α,β-unsaturated/α-hetero) is 1. The first-order valence-electron chi connectivity index (χ1n) is 34.8. The van der Waals surface area contributed by atoms with Crippen molar-refractivity contribution < 1.29 is 96.6 Å². The normalized spacial score (nSPS) is 12.1. The average Bonchev–Trinajstić information content (AvgIpc) is 0.885. The number of rotatable bonds is 27. The Morgan fingerprint density at radius 2 is 0.517 bits per heavy atom. The van der Waals surface area contributed by atoms with Gasteiger partial charge < -0.3 is 78.3 Å². The molecule has 636 valence electrons. The summed E-state index contributed by atoms with van der Waals surface area (Å²) in [6.45, 7) is 27.5. The van der Waals surface area contributed by atoms with E-state index in [0.717, 1.165) is 11.1 Å². The van der Waals surface area contributed by atoms with Crippen LogP contribution >= 0.6 is 40.4 Å². The third-order valence-corrected chi connectivity index (χ3v) is 14.8. The van der Waals surface area contributed by atoms with Gasteiger partial charge in [-0.15, -0.1) is 0 Å². The zero-order chi connectivity index (χ0) is 89.6. The standard InChI is InChI=1S/2C14H19N3O5.2C14H19N3O4S.C14H18N2O6.C4H7BrO/c2*1-14(2,3)22-13(19)16-11(12(15)18)8-9-4-6-10(7-5-9)17(20)21;2*1-14(2,3)21-13(18)16-11(12(15)22)8-9-4-6-10(7-5-9)17(19)20;1-14(2,3)22-13(19)15-11(12(17)18)8-9-4-6-10(7-5-9)16(20)21;1-2-4(6)3-5/h2*4-7,11H,8H2,1-3H3,(H2,15,18)(H,16,19);2*4-7,11H,8H2,1-3H3,(H2,15,22)(H,16,18);4-7,11H,8H2,1-3H3,(H,15,19)(H,17,18);2-3H2,1H3/t5*11-;/m00000./s1. The molecule has 0 aromatic heterocycles. The number of carboxylic acid groups (broad SMARTS) is 1. The maximum atomic E-state index is 11.8. The SMILES string of the molecule is CC(C)(C)OC(=O)N[C@@H](Cc1ccc([N+](=O)[O-])cc1)C(=O)O.CC(C)(C)OC(=O)N[C@@H](Cc1ccc([N+](=O)[O-])cc1)C(N)=O.CC(C)(C)OC(=O)N[C@@H](Cc1ccc([N+](=O)[O-])cc1)C(N)=O.CC(C)(C)OC(=O)N[C@@H](Cc1ccc([N+](=O)[O-])cc1)C(N)=S.CC(C)(C)OC(=O)N[C@@H](Cc1ccc([N+](=O)[O-])cc1)C(N)=S.CCC(=O)CBr. The molecule has 0 saturated carbocycles. The van der Waals surface area contributed by atoms with E-state index in [4.69, 9.17) is 76.2 Å². The Bertz CT molecular complexity index is 3580. The van der Waals surface area contributed by atoms with Gasteiger partial charge in [0, 0.05) is 86.3 Å². The van der Waals surface area contributed by atoms with Gasteiger partial charge in [0.25, 0.3) is 28.4 Å². The number of benzene rings is 5. The first-order chi connectivity index (χ1) is 53.2. The van der Waals surface area contributed by atoms with Gasteiger partial charge in [0.05, 0.1) is 52.0 Å². The highest BCUT2D eigenvalue weighted by Crippen LogP contribution is 2.21. The number of nitrogens with two attached hydrogens (primary N) is 4. The fraction of sp³-hybridized carbons (Fsp3) is 0.446. The lowest BCUT2D eigenvalue weighted by molar-refractivity contribution is -0.385. The number of hydrogen-bond acceptors (Lipinski definition) is 26. The van der Waals surface area contributed by atoms with Gasteiger partial charge >= 0.3 is 36.4 Å². The van der Waals surface area contributed by atoms with Crippen LogP contribution in [0.3, 0.4) is 0 Å². The van der Waals surface area contributed by atoms with Crippen LogP contribution in [-0.4, -0.2) is 157 Å². The summed E-state index contributed by atoms with van der Waals surface area (Å²) in [7, 11) is 0. The van der Waals surface area contributed by atoms with Crippen LogP contribution in [0.4, 0.5) is 52.4 Å². The molecule has 5 aromatic carbocycles. The fourth-order valence-corrected chi connectivity index (χ4v) is 9.06. The van der Waals surface area contributed by atoms with Crippen molar-refractivity contribution in [2.24, 2.45) is 22.9 Å². The van der Waals surface area contributed by atoms with E-state index in [1.807, 2.05) is 6.92 Å². The van der Waals surface area contributed by atoms with Crippen molar-refractivity contribution in [3.63, 3.8) is 0 Å². The zero-order valence-corrected chi connectivity index (χ0v) is 70.1. The van der Waals surface area contributed by atoms with Crippen LogP contribution in [0, 0.1) is 50.6 Å². The Labute approximate surface area is 688 Å². The number of alkyl halides is 1. The van der Waals surface area contributed by atoms with Crippen molar-refractivity contribution >= 4 is 133 Å². The number of nitrogens with zero attached hydrogens (tertiary/aromatic N) is 5. The highest BCUT2D eigenvalue weighted by molar-refractivity contribution is 9.09. The summed E-state index contributed by atoms with van der Waals surface area (Å²) < 4.78 is 25.4. The number of hydrogen-bond donors (Lipinski definition) is 10. The largest absolute Gasteiger partial charge is 0.480 e. The lowest BCUT2D eigenvalue weighted by Gasteiger charge is -2.23. The van der Waals surface area contributed by atoms with Gasteiger partial charge in [-0.2, -0.15) is 0 Å². The number of aliphatic carboxylic acids is 1. The number of nitrogens with one attached hydrogen (secondary N) is 5. The van der Waals surface area contributed by atoms with Gasteiger partial charge in [0.2, 0.25) is 11.8 Å². The molecule has 0 aliphatic rings. The van der Waals surface area contributed by atoms with Gasteiger partial charge in [-0.25, -0.2) is 28.8 Å². The molecule has 39 nitrogen and oxygen atoms in total. The van der Waals surface area contributed by atoms with Crippen LogP contribution in [0.1, 0.15) is 145 Å². The summed E-state index contributed by atoms with van der Waals surface area (Å²) in [6.07, 6.45) is -2.05. The second kappa shape index (κ2) is 48.8. The van der Waals surface area contributed by atoms with E-state index in [-0.39, 0.29) is 63.5 Å². The maximum Gasteiger partial charge on any atom is 0.408 e. The molecular weight excluding hydrogens is 1630 g/mol. The Morgan fingerprint density at radius 1 is 0.353 bits per heavy atom. The second-order valence-electron chi connectivity index (χ2n) is 29.6. The van der Waals surface area contributed by atoms with Crippen molar-refractivity contribution in [2.45, 2.75) is 208 Å². The van der Waals surface area contributed by atoms with E-state index in [1.54, 1.807) is 128 Å². The predicted octanol–water partition coefficient (Wildman–Crippen LogP) is 11.1. The molecule has 0 radical (unpaired) electrons. The first kappa shape index (κ1) is 104. The number of nitro groups is 5. The lowest BCUT2D eigenvalue weighted by Crippen LogP contribution is -2.47. The molecule has 7 amide bonds. The van der Waals surface area contributed by atoms with E-state index in [1.165, 1.54) is 97.1 Å². The molecule has 0 bridgehead atoms. The number of non-ortho nitro benzene ring substituents is 5. The van der Waals surface area contributed by atoms with Crippen LogP contribution in [0.2, 0.25) is 0 Å². The van der Waals surface area contributed by atoms with Gasteiger partial charge in [-0.1, -0.05) is 108 Å². The van der Waals surface area contributed by atoms with Gasteiger partial charge in [0.1, 0.15) is 51.9 Å². The summed E-state index contributed by atoms with van der Waals surface area (Å²) in [6, 6.07) is 24.4. The van der Waals surface area contributed by atoms with Crippen molar-refractivity contribution in [3.8, 4) is 0 Å². The molecule has 0 aliphatic heterocycles. The number of alkyl carbamates (subject to hydrolysis) is 5. The van der Waals surface area contributed by atoms with Gasteiger partial charge in [-0.3, -0.25) is 65.0 Å². The first-order valence-corrected chi connectivity index (χ1v) is 36.8. The number of carbonyl (C=O) groups excluding carboxylic acids is 8. The molecule has 42 heteroatoms. The number of carbonyl (C=O) groups is 9. The maximum absolute atomic E-state index is 11.8. The van der Waals surface area contributed by atoms with E-state index < -0.39 is 131 Å². The van der Waals surface area contributed by atoms with Crippen molar-refractivity contribution in [2.75, 3.05) is 5.33 Å². The van der Waals surface area contributed by atoms with E-state index >= 15 is 0 Å². The highest BCUT2D eigenvalue weighted by Gasteiger charge is 2.29. The number of thiocarbonyl (C=S) groups is 2. The summed E-state index contributed by atoms with van der Waals surface area (Å²) in [5.41, 5.74) is 21.5. The monoisotopic (exact) mass is 1730 g/mol. The van der Waals surface area contributed by atoms with Crippen molar-refractivity contribution in [1.82, 2.24) is 26.6 Å². The van der Waals surface area contributed by atoms with E-state index in [9.17, 15) is 93.7 Å². The minimum atomic E-state index is -1.22. The minimum absolute atomic E-state index is 0.00396. The Hall–Kier alpha value is -12.2. The summed E-state index contributed by atoms with van der Waals surface area (Å²) in [4.78, 5) is 153. The second-order valence-corrected chi connectivity index (χ2v) is 31.1. The van der Waals surface area contributed by atoms with Crippen LogP contribution in [0.25, 0.3) is 0 Å². The van der Waals surface area contributed by atoms with Crippen molar-refractivity contribution in [3.05, 3.63) is 200 Å². The number of nitro benzene ring substituents is 5. The fourth-order valence-electron chi connectivity index (χ4n) is 8.38. The number of ketones is 1. The number of carboxylic acids is 1. The number of amides is 7. The molecule has 0 unspecified atom stereocenters. The molecule has 5 atom stereocenters. The molecular formula is C74H101BrN14O25S2. The molecule has 116 heavy (non-hydrogen) atoms. The molecule has 0 heterocycles. The molecule has 5 rings (SSSR count). The van der Waals surface area contributed by atoms with Crippen LogP contribution < -0.4 is 49.5 Å². The lowest BCUT2D eigenvalue weighted by atomic mass is 10.1. The van der Waals surface area contributed by atoms with Crippen molar-refractivity contribution in [1.29, 1.82) is 0 Å². The van der Waals surface area contributed by atoms with Gasteiger partial charge in [-0.05, 0) is 145 Å². The summed E-state index contributed by atoms with van der Waals surface area (Å²) >= 11 is 12.9. The third kappa shape index (κ3) is 48.0. The molecule has 0 fully saturated rings. The average molecular weight is 1730 g/mol. The zero-order valence-electron chi connectivity index (χ0n) is 66.9. The molecule has 5 aromatic rings. The minimum Gasteiger partial charge on any atom is -0.480 e. The number of primary amides is 2. The molecule has 0 saturated heterocycles. The summed E-state index contributed by atoms with van der Waals surface area (Å²) in [5.74, 6) is -2.40. The van der Waals surface area contributed by atoms with E-state index in [2.05, 4.69) is 42.5 Å². The van der Waals surface area contributed by atoms with Crippen LogP contribution in [0.15, 0.2) is 121 Å². The topological polar surface area (TPSA) is 600 Å². The molecule has 14 N–H and O–H groups in total. The Kier molecular flexibility index (Phi) is 43.6. The third-order valence-electron chi connectivity index (χ3n) is 13.6. The van der Waals surface area contributed by atoms with Crippen LogP contribution in [0.5, 0.6) is 0 Å². The Balaban J connectivity index is 0.00000140. The smallest absolute Gasteiger partial charge is 0.408 e. The molecule has 0 spiro atoms. The predicted molar refractivity (Wildman–Crippen MR) is 438 cm³/mol. The van der Waals surface area contributed by atoms with E-state index in [0.29, 0.717) is 41.3 Å². The highest BCUT2D eigenvalue weighted by atomic mass is 79.9. The van der Waals surface area contributed by atoms with Crippen LogP contribution in [-0.2, 0) is 75.0 Å². The number of ether oxygens (including phenoxy) is 5. The molecule has 0 aliphatic carbocycles. The number of halogens is 1. The quantitative estimate of drug-likeness (QED) is 0.00767. The summed E-state index contributed by atoms with van der Waals surface area (Å²) in [5, 5.41) is 74.8. The van der Waals surface area contributed by atoms with Gasteiger partial charge in [0.15, 0.2) is 0 Å².